The molecule has 3 N–H and O–H groups in total. The molecule has 7 heteroatoms. The van der Waals surface area contributed by atoms with Crippen molar-refractivity contribution in [3.05, 3.63) is 29.3 Å². The molecule has 0 saturated carbocycles. The Hall–Kier alpha value is -2.54. The first-order valence-electron chi connectivity index (χ1n) is 6.72. The van der Waals surface area contributed by atoms with Gasteiger partial charge in [-0.3, -0.25) is 0 Å². The van der Waals surface area contributed by atoms with Crippen molar-refractivity contribution < 1.29 is 14.3 Å². The molecule has 114 valence electrons. The zero-order valence-electron chi connectivity index (χ0n) is 12.2. The van der Waals surface area contributed by atoms with E-state index in [0.29, 0.717) is 34.4 Å². The number of nitrogens with zero attached hydrogens (tertiary/aromatic N) is 1. The zero-order valence-corrected chi connectivity index (χ0v) is 13.0. The maximum Gasteiger partial charge on any atom is 0.355 e. The normalized spacial score (nSPS) is 10.8. The molecule has 6 nitrogen and oxygen atoms in total. The number of rotatable bonds is 4. The fourth-order valence-corrected chi connectivity index (χ4v) is 2.88. The monoisotopic (exact) mass is 317 g/mol. The number of fused-ring (bicyclic) bond motifs is 1. The van der Waals surface area contributed by atoms with E-state index in [0.717, 1.165) is 10.9 Å². The Kier molecular flexibility index (Phi) is 3.72. The van der Waals surface area contributed by atoms with E-state index < -0.39 is 5.97 Å². The summed E-state index contributed by atoms with van der Waals surface area (Å²) in [5.74, 6) is 0.283. The molecule has 0 amide bonds. The summed E-state index contributed by atoms with van der Waals surface area (Å²) in [6, 6.07) is 5.54. The van der Waals surface area contributed by atoms with Crippen molar-refractivity contribution in [1.82, 2.24) is 9.97 Å². The summed E-state index contributed by atoms with van der Waals surface area (Å²) < 4.78 is 10.4. The van der Waals surface area contributed by atoms with Gasteiger partial charge in [-0.1, -0.05) is 0 Å². The number of anilines is 1. The van der Waals surface area contributed by atoms with Crippen molar-refractivity contribution in [2.75, 3.05) is 19.5 Å². The summed E-state index contributed by atoms with van der Waals surface area (Å²) in [5.41, 5.74) is 8.23. The molecule has 0 saturated heterocycles. The van der Waals surface area contributed by atoms with Gasteiger partial charge in [0.25, 0.3) is 0 Å². The maximum atomic E-state index is 12.2. The van der Waals surface area contributed by atoms with Crippen LogP contribution in [-0.2, 0) is 4.74 Å². The van der Waals surface area contributed by atoms with Gasteiger partial charge in [0, 0.05) is 21.8 Å². The lowest BCUT2D eigenvalue weighted by Crippen LogP contribution is -2.06. The van der Waals surface area contributed by atoms with Crippen molar-refractivity contribution in [1.29, 1.82) is 0 Å². The van der Waals surface area contributed by atoms with E-state index in [2.05, 4.69) is 9.97 Å². The van der Waals surface area contributed by atoms with E-state index in [9.17, 15) is 4.79 Å². The third-order valence-electron chi connectivity index (χ3n) is 3.26. The third-order valence-corrected chi connectivity index (χ3v) is 3.94. The number of aromatic nitrogens is 2. The molecule has 2 aromatic heterocycles. The second kappa shape index (κ2) is 5.69. The first kappa shape index (κ1) is 14.4. The van der Waals surface area contributed by atoms with Gasteiger partial charge in [0.05, 0.1) is 19.4 Å². The molecule has 0 atom stereocenters. The number of benzene rings is 1. The van der Waals surface area contributed by atoms with Crippen molar-refractivity contribution >= 4 is 33.3 Å². The van der Waals surface area contributed by atoms with Crippen LogP contribution < -0.4 is 10.5 Å². The van der Waals surface area contributed by atoms with E-state index in [1.807, 2.05) is 23.6 Å². The first-order valence-corrected chi connectivity index (χ1v) is 7.60. The number of nitrogen functional groups attached to an aromatic ring is 1. The number of carbonyl (C=O) groups excluding carboxylic acids is 1. The van der Waals surface area contributed by atoms with Crippen molar-refractivity contribution in [2.45, 2.75) is 6.92 Å². The van der Waals surface area contributed by atoms with Crippen LogP contribution in [0.2, 0.25) is 0 Å². The predicted octanol–water partition coefficient (Wildman–Crippen LogP) is 3.06. The van der Waals surface area contributed by atoms with Crippen molar-refractivity contribution in [3.63, 3.8) is 0 Å². The van der Waals surface area contributed by atoms with Crippen LogP contribution >= 0.6 is 11.3 Å². The van der Waals surface area contributed by atoms with E-state index in [1.54, 1.807) is 14.0 Å². The fraction of sp³-hybridized carbons (Fsp3) is 0.200. The predicted molar refractivity (Wildman–Crippen MR) is 86.3 cm³/mol. The van der Waals surface area contributed by atoms with Crippen LogP contribution in [0.4, 0.5) is 5.13 Å². The molecule has 2 heterocycles. The van der Waals surface area contributed by atoms with E-state index in [4.69, 9.17) is 15.2 Å². The van der Waals surface area contributed by atoms with Gasteiger partial charge in [-0.15, -0.1) is 11.3 Å². The van der Waals surface area contributed by atoms with E-state index >= 15 is 0 Å². The lowest BCUT2D eigenvalue weighted by atomic mass is 10.1. The highest BCUT2D eigenvalue weighted by Gasteiger charge is 2.22. The minimum atomic E-state index is -0.417. The molecular weight excluding hydrogens is 302 g/mol. The number of nitrogens with two attached hydrogens (primary N) is 1. The summed E-state index contributed by atoms with van der Waals surface area (Å²) in [7, 11) is 1.60. The number of nitrogens with one attached hydrogen (secondary N) is 1. The summed E-state index contributed by atoms with van der Waals surface area (Å²) in [5, 5.41) is 3.11. The molecule has 0 spiro atoms. The third kappa shape index (κ3) is 2.39. The molecule has 1 aromatic carbocycles. The molecule has 0 bridgehead atoms. The van der Waals surface area contributed by atoms with Gasteiger partial charge >= 0.3 is 5.97 Å². The van der Waals surface area contributed by atoms with E-state index in [-0.39, 0.29) is 0 Å². The number of H-pyrrole nitrogens is 1. The van der Waals surface area contributed by atoms with Gasteiger partial charge in [0.15, 0.2) is 5.13 Å². The first-order chi connectivity index (χ1) is 10.6. The lowest BCUT2D eigenvalue weighted by Gasteiger charge is -2.03. The number of hydrogen-bond acceptors (Lipinski definition) is 6. The second-order valence-electron chi connectivity index (χ2n) is 4.58. The van der Waals surface area contributed by atoms with Crippen molar-refractivity contribution in [2.24, 2.45) is 0 Å². The molecule has 0 unspecified atom stereocenters. The fourth-order valence-electron chi connectivity index (χ4n) is 2.32. The van der Waals surface area contributed by atoms with Crippen LogP contribution in [0.25, 0.3) is 22.2 Å². The average Bonchev–Trinajstić information content (AvgIpc) is 3.09. The number of esters is 1. The van der Waals surface area contributed by atoms with Crippen LogP contribution in [0.15, 0.2) is 23.6 Å². The van der Waals surface area contributed by atoms with Crippen molar-refractivity contribution in [3.8, 4) is 17.0 Å². The smallest absolute Gasteiger partial charge is 0.355 e. The lowest BCUT2D eigenvalue weighted by molar-refractivity contribution is 0.0521. The van der Waals surface area contributed by atoms with Gasteiger partial charge in [0.2, 0.25) is 0 Å². The zero-order chi connectivity index (χ0) is 15.7. The number of methoxy groups -OCH3 is 1. The van der Waals surface area contributed by atoms with Gasteiger partial charge in [-0.25, -0.2) is 9.78 Å². The Bertz CT molecular complexity index is 838. The van der Waals surface area contributed by atoms with Gasteiger partial charge in [-0.2, -0.15) is 0 Å². The number of thiazole rings is 1. The molecular formula is C15H15N3O3S. The highest BCUT2D eigenvalue weighted by molar-refractivity contribution is 7.13. The highest BCUT2D eigenvalue weighted by Crippen LogP contribution is 2.35. The summed E-state index contributed by atoms with van der Waals surface area (Å²) in [6.45, 7) is 2.07. The standard InChI is InChI=1S/C15H15N3O3S/c1-3-21-14(19)13-12(11-7-22-15(16)18-11)9-6-8(20-2)4-5-10(9)17-13/h4-7,17H,3H2,1-2H3,(H2,16,18). The minimum Gasteiger partial charge on any atom is -0.497 e. The van der Waals surface area contributed by atoms with Crippen LogP contribution in [0.1, 0.15) is 17.4 Å². The van der Waals surface area contributed by atoms with Crippen LogP contribution in [0.5, 0.6) is 5.75 Å². The van der Waals surface area contributed by atoms with E-state index in [1.165, 1.54) is 11.3 Å². The van der Waals surface area contributed by atoms with Crippen LogP contribution in [0.3, 0.4) is 0 Å². The topological polar surface area (TPSA) is 90.2 Å². The molecule has 0 aliphatic heterocycles. The number of ether oxygens (including phenoxy) is 2. The molecule has 0 fully saturated rings. The molecule has 0 aliphatic rings. The van der Waals surface area contributed by atoms with Gasteiger partial charge < -0.3 is 20.2 Å². The molecule has 22 heavy (non-hydrogen) atoms. The number of aromatic amines is 1. The Labute approximate surface area is 130 Å². The SMILES string of the molecule is CCOC(=O)c1[nH]c2ccc(OC)cc2c1-c1csc(N)n1. The van der Waals surface area contributed by atoms with Gasteiger partial charge in [-0.05, 0) is 25.1 Å². The highest BCUT2D eigenvalue weighted by atomic mass is 32.1. The quantitative estimate of drug-likeness (QED) is 0.722. The number of hydrogen-bond donors (Lipinski definition) is 2. The Morgan fingerprint density at radius 3 is 2.91 bits per heavy atom. The molecule has 3 aromatic rings. The van der Waals surface area contributed by atoms with Crippen LogP contribution in [-0.4, -0.2) is 29.7 Å². The number of carbonyl (C=O) groups is 1. The molecule has 3 rings (SSSR count). The Morgan fingerprint density at radius 1 is 1.45 bits per heavy atom. The second-order valence-corrected chi connectivity index (χ2v) is 5.47. The minimum absolute atomic E-state index is 0.302. The maximum absolute atomic E-state index is 12.2. The molecule has 0 radical (unpaired) electrons. The summed E-state index contributed by atoms with van der Waals surface area (Å²) in [6.07, 6.45) is 0. The average molecular weight is 317 g/mol. The molecule has 0 aliphatic carbocycles. The summed E-state index contributed by atoms with van der Waals surface area (Å²) in [4.78, 5) is 19.6. The Morgan fingerprint density at radius 2 is 2.27 bits per heavy atom. The van der Waals surface area contributed by atoms with Gasteiger partial charge in [0.1, 0.15) is 11.4 Å². The largest absolute Gasteiger partial charge is 0.497 e. The Balaban J connectivity index is 2.27. The van der Waals surface area contributed by atoms with Crippen LogP contribution in [0, 0.1) is 0 Å². The summed E-state index contributed by atoms with van der Waals surface area (Å²) >= 11 is 1.32.